The highest BCUT2D eigenvalue weighted by Gasteiger charge is 2.21. The summed E-state index contributed by atoms with van der Waals surface area (Å²) in [4.78, 5) is 0. The van der Waals surface area contributed by atoms with E-state index in [4.69, 9.17) is 9.47 Å². The molecular weight excluding hydrogens is 178 g/mol. The number of ether oxygens (including phenoxy) is 2. The third-order valence-corrected chi connectivity index (χ3v) is 2.90. The second-order valence-corrected chi connectivity index (χ2v) is 4.53. The van der Waals surface area contributed by atoms with Gasteiger partial charge in [0.1, 0.15) is 0 Å². The molecule has 1 saturated carbocycles. The summed E-state index contributed by atoms with van der Waals surface area (Å²) in [6.45, 7) is 5.68. The molecule has 82 valence electrons. The Hall–Kier alpha value is -0.120. The summed E-state index contributed by atoms with van der Waals surface area (Å²) in [5.74, 6) is 0.972. The highest BCUT2D eigenvalue weighted by molar-refractivity contribution is 4.73. The van der Waals surface area contributed by atoms with Gasteiger partial charge in [-0.15, -0.1) is 0 Å². The van der Waals surface area contributed by atoms with Crippen molar-refractivity contribution in [3.63, 3.8) is 0 Å². The van der Waals surface area contributed by atoms with Gasteiger partial charge in [0.25, 0.3) is 0 Å². The second kappa shape index (κ2) is 5.10. The van der Waals surface area contributed by atoms with Crippen LogP contribution in [0.25, 0.3) is 0 Å². The molecule has 14 heavy (non-hydrogen) atoms. The minimum Gasteiger partial charge on any atom is -0.379 e. The molecule has 3 nitrogen and oxygen atoms in total. The van der Waals surface area contributed by atoms with Crippen LogP contribution in [0.4, 0.5) is 0 Å². The first-order valence-electron chi connectivity index (χ1n) is 5.78. The van der Waals surface area contributed by atoms with Crippen LogP contribution in [0.1, 0.15) is 26.2 Å². The Morgan fingerprint density at radius 2 is 2.21 bits per heavy atom. The Kier molecular flexibility index (Phi) is 3.79. The summed E-state index contributed by atoms with van der Waals surface area (Å²) in [6, 6.07) is 0. The first kappa shape index (κ1) is 10.4. The van der Waals surface area contributed by atoms with Crippen LogP contribution in [0.2, 0.25) is 0 Å². The van der Waals surface area contributed by atoms with E-state index in [1.165, 1.54) is 19.3 Å². The fourth-order valence-corrected chi connectivity index (χ4v) is 1.84. The van der Waals surface area contributed by atoms with E-state index < -0.39 is 0 Å². The Morgan fingerprint density at radius 3 is 2.93 bits per heavy atom. The minimum absolute atomic E-state index is 0.262. The standard InChI is InChI=1S/C11H21NO2/c1-9-6-12-7-11(14-9)8-13-5-4-10-2-3-10/h9-12H,2-8H2,1H3. The SMILES string of the molecule is CC1CNCC(COCCC2CC2)O1. The molecule has 0 bridgehead atoms. The number of hydrogen-bond donors (Lipinski definition) is 1. The van der Waals surface area contributed by atoms with Gasteiger partial charge in [0.05, 0.1) is 18.8 Å². The van der Waals surface area contributed by atoms with Crippen LogP contribution in [-0.2, 0) is 9.47 Å². The molecule has 0 amide bonds. The highest BCUT2D eigenvalue weighted by Crippen LogP contribution is 2.32. The fraction of sp³-hybridized carbons (Fsp3) is 1.00. The van der Waals surface area contributed by atoms with E-state index in [1.807, 2.05) is 0 Å². The zero-order valence-electron chi connectivity index (χ0n) is 9.00. The minimum atomic E-state index is 0.262. The van der Waals surface area contributed by atoms with E-state index in [1.54, 1.807) is 0 Å². The maximum Gasteiger partial charge on any atom is 0.0936 e. The van der Waals surface area contributed by atoms with E-state index in [0.717, 1.165) is 32.2 Å². The molecule has 0 spiro atoms. The average molecular weight is 199 g/mol. The van der Waals surface area contributed by atoms with Gasteiger partial charge in [0.2, 0.25) is 0 Å². The van der Waals surface area contributed by atoms with Crippen molar-refractivity contribution in [2.75, 3.05) is 26.3 Å². The largest absolute Gasteiger partial charge is 0.379 e. The third kappa shape index (κ3) is 3.56. The maximum atomic E-state index is 5.72. The second-order valence-electron chi connectivity index (χ2n) is 4.53. The summed E-state index contributed by atoms with van der Waals surface area (Å²) >= 11 is 0. The summed E-state index contributed by atoms with van der Waals surface area (Å²) < 4.78 is 11.3. The molecule has 1 aliphatic carbocycles. The topological polar surface area (TPSA) is 30.5 Å². The molecule has 1 aliphatic heterocycles. The number of hydrogen-bond acceptors (Lipinski definition) is 3. The van der Waals surface area contributed by atoms with E-state index in [-0.39, 0.29) is 6.10 Å². The van der Waals surface area contributed by atoms with Crippen LogP contribution in [0, 0.1) is 5.92 Å². The molecular formula is C11H21NO2. The molecule has 0 radical (unpaired) electrons. The van der Waals surface area contributed by atoms with Crippen LogP contribution in [0.3, 0.4) is 0 Å². The fourth-order valence-electron chi connectivity index (χ4n) is 1.84. The van der Waals surface area contributed by atoms with Crippen molar-refractivity contribution in [1.29, 1.82) is 0 Å². The number of morpholine rings is 1. The molecule has 1 N–H and O–H groups in total. The van der Waals surface area contributed by atoms with Gasteiger partial charge in [0.15, 0.2) is 0 Å². The summed E-state index contributed by atoms with van der Waals surface area (Å²) in [5.41, 5.74) is 0. The number of nitrogens with one attached hydrogen (secondary N) is 1. The third-order valence-electron chi connectivity index (χ3n) is 2.90. The van der Waals surface area contributed by atoms with E-state index in [9.17, 15) is 0 Å². The lowest BCUT2D eigenvalue weighted by atomic mass is 10.2. The van der Waals surface area contributed by atoms with Crippen molar-refractivity contribution in [1.82, 2.24) is 5.32 Å². The number of rotatable bonds is 5. The molecule has 0 aromatic carbocycles. The van der Waals surface area contributed by atoms with E-state index in [2.05, 4.69) is 12.2 Å². The summed E-state index contributed by atoms with van der Waals surface area (Å²) in [5, 5.41) is 3.34. The van der Waals surface area contributed by atoms with E-state index >= 15 is 0 Å². The van der Waals surface area contributed by atoms with Crippen LogP contribution >= 0.6 is 0 Å². The van der Waals surface area contributed by atoms with Crippen molar-refractivity contribution in [3.8, 4) is 0 Å². The molecule has 2 aliphatic rings. The van der Waals surface area contributed by atoms with Gasteiger partial charge in [0, 0.05) is 19.7 Å². The molecule has 0 aromatic rings. The van der Waals surface area contributed by atoms with Gasteiger partial charge >= 0.3 is 0 Å². The molecule has 0 aromatic heterocycles. The smallest absolute Gasteiger partial charge is 0.0936 e. The van der Waals surface area contributed by atoms with Crippen molar-refractivity contribution in [2.24, 2.45) is 5.92 Å². The lowest BCUT2D eigenvalue weighted by Gasteiger charge is -2.28. The Bertz CT molecular complexity index is 171. The van der Waals surface area contributed by atoms with Gasteiger partial charge in [-0.25, -0.2) is 0 Å². The predicted octanol–water partition coefficient (Wildman–Crippen LogP) is 1.18. The van der Waals surface area contributed by atoms with Crippen LogP contribution in [-0.4, -0.2) is 38.5 Å². The maximum absolute atomic E-state index is 5.72. The van der Waals surface area contributed by atoms with Crippen LogP contribution < -0.4 is 5.32 Å². The average Bonchev–Trinajstić information content (AvgIpc) is 2.96. The van der Waals surface area contributed by atoms with E-state index in [0.29, 0.717) is 6.10 Å². The highest BCUT2D eigenvalue weighted by atomic mass is 16.5. The lowest BCUT2D eigenvalue weighted by molar-refractivity contribution is -0.0690. The van der Waals surface area contributed by atoms with Gasteiger partial charge in [-0.05, 0) is 19.3 Å². The molecule has 2 fully saturated rings. The summed E-state index contributed by atoms with van der Waals surface area (Å²) in [7, 11) is 0. The molecule has 3 heteroatoms. The zero-order chi connectivity index (χ0) is 9.80. The quantitative estimate of drug-likeness (QED) is 0.674. The normalized spacial score (nSPS) is 33.2. The van der Waals surface area contributed by atoms with Crippen molar-refractivity contribution in [3.05, 3.63) is 0 Å². The Labute approximate surface area is 86.2 Å². The van der Waals surface area contributed by atoms with Crippen molar-refractivity contribution < 1.29 is 9.47 Å². The predicted molar refractivity (Wildman–Crippen MR) is 55.4 cm³/mol. The van der Waals surface area contributed by atoms with Gasteiger partial charge < -0.3 is 14.8 Å². The monoisotopic (exact) mass is 199 g/mol. The first-order valence-corrected chi connectivity index (χ1v) is 5.78. The molecule has 2 atom stereocenters. The molecule has 2 unspecified atom stereocenters. The van der Waals surface area contributed by atoms with Crippen molar-refractivity contribution >= 4 is 0 Å². The Balaban J connectivity index is 1.50. The zero-order valence-corrected chi connectivity index (χ0v) is 9.00. The van der Waals surface area contributed by atoms with Crippen LogP contribution in [0.15, 0.2) is 0 Å². The van der Waals surface area contributed by atoms with Gasteiger partial charge in [-0.1, -0.05) is 12.8 Å². The van der Waals surface area contributed by atoms with Crippen molar-refractivity contribution in [2.45, 2.75) is 38.4 Å². The Morgan fingerprint density at radius 1 is 1.36 bits per heavy atom. The molecule has 1 saturated heterocycles. The van der Waals surface area contributed by atoms with Crippen LogP contribution in [0.5, 0.6) is 0 Å². The summed E-state index contributed by atoms with van der Waals surface area (Å²) in [6.07, 6.45) is 4.68. The van der Waals surface area contributed by atoms with Gasteiger partial charge in [-0.2, -0.15) is 0 Å². The lowest BCUT2D eigenvalue weighted by Crippen LogP contribution is -2.45. The van der Waals surface area contributed by atoms with Gasteiger partial charge in [-0.3, -0.25) is 0 Å². The molecule has 2 rings (SSSR count). The first-order chi connectivity index (χ1) is 6.84. The molecule has 1 heterocycles.